The van der Waals surface area contributed by atoms with Gasteiger partial charge in [-0.25, -0.2) is 0 Å². The van der Waals surface area contributed by atoms with Crippen molar-refractivity contribution < 1.29 is 0 Å². The summed E-state index contributed by atoms with van der Waals surface area (Å²) in [6.07, 6.45) is 1.86. The third kappa shape index (κ3) is 4.28. The standard InChI is InChI=1S/C16H20N2S/c1-12-6-13(2)8-14(7-12)10-19-11-16-9-15(17-3)4-5-18-16/h4-9H,10-11H2,1-3H3,(H,17,18). The van der Waals surface area contributed by atoms with Crippen molar-refractivity contribution in [3.8, 4) is 0 Å². The fraction of sp³-hybridized carbons (Fsp3) is 0.312. The van der Waals surface area contributed by atoms with Crippen LogP contribution >= 0.6 is 11.8 Å². The van der Waals surface area contributed by atoms with Crippen molar-refractivity contribution in [2.75, 3.05) is 12.4 Å². The summed E-state index contributed by atoms with van der Waals surface area (Å²) in [6, 6.07) is 10.8. The quantitative estimate of drug-likeness (QED) is 0.884. The van der Waals surface area contributed by atoms with Crippen LogP contribution in [0.15, 0.2) is 36.5 Å². The van der Waals surface area contributed by atoms with Gasteiger partial charge in [-0.2, -0.15) is 11.8 Å². The molecule has 2 rings (SSSR count). The van der Waals surface area contributed by atoms with E-state index >= 15 is 0 Å². The molecule has 1 heterocycles. The summed E-state index contributed by atoms with van der Waals surface area (Å²) >= 11 is 1.91. The van der Waals surface area contributed by atoms with Crippen LogP contribution in [0.25, 0.3) is 0 Å². The van der Waals surface area contributed by atoms with E-state index in [2.05, 4.69) is 48.4 Å². The third-order valence-electron chi connectivity index (χ3n) is 2.91. The maximum atomic E-state index is 4.39. The van der Waals surface area contributed by atoms with Crippen molar-refractivity contribution in [2.24, 2.45) is 0 Å². The van der Waals surface area contributed by atoms with Crippen LogP contribution in [0.4, 0.5) is 5.69 Å². The molecule has 0 saturated heterocycles. The normalized spacial score (nSPS) is 10.5. The van der Waals surface area contributed by atoms with Gasteiger partial charge in [-0.3, -0.25) is 4.98 Å². The highest BCUT2D eigenvalue weighted by Gasteiger charge is 2.00. The SMILES string of the molecule is CNc1ccnc(CSCc2cc(C)cc(C)c2)c1. The van der Waals surface area contributed by atoms with E-state index in [1.807, 2.05) is 31.1 Å². The first-order valence-corrected chi connectivity index (χ1v) is 7.60. The molecule has 2 nitrogen and oxygen atoms in total. The van der Waals surface area contributed by atoms with Gasteiger partial charge in [0, 0.05) is 30.4 Å². The number of anilines is 1. The zero-order chi connectivity index (χ0) is 13.7. The lowest BCUT2D eigenvalue weighted by Gasteiger charge is -2.06. The molecule has 0 fully saturated rings. The Kier molecular flexibility index (Phi) is 4.86. The maximum absolute atomic E-state index is 4.39. The second-order valence-electron chi connectivity index (χ2n) is 4.77. The number of aromatic nitrogens is 1. The van der Waals surface area contributed by atoms with E-state index in [1.54, 1.807) is 0 Å². The van der Waals surface area contributed by atoms with Gasteiger partial charge in [0.05, 0.1) is 5.69 Å². The van der Waals surface area contributed by atoms with Crippen molar-refractivity contribution in [1.82, 2.24) is 4.98 Å². The van der Waals surface area contributed by atoms with Gasteiger partial charge >= 0.3 is 0 Å². The van der Waals surface area contributed by atoms with Crippen LogP contribution in [0.2, 0.25) is 0 Å². The number of rotatable bonds is 5. The lowest BCUT2D eigenvalue weighted by Crippen LogP contribution is -1.93. The Balaban J connectivity index is 1.92. The summed E-state index contributed by atoms with van der Waals surface area (Å²) in [5, 5.41) is 3.14. The van der Waals surface area contributed by atoms with Crippen molar-refractivity contribution in [3.05, 3.63) is 58.9 Å². The summed E-state index contributed by atoms with van der Waals surface area (Å²) in [5.41, 5.74) is 6.32. The van der Waals surface area contributed by atoms with Gasteiger partial charge in [0.25, 0.3) is 0 Å². The summed E-state index contributed by atoms with van der Waals surface area (Å²) in [4.78, 5) is 4.39. The minimum Gasteiger partial charge on any atom is -0.388 e. The average Bonchev–Trinajstić information content (AvgIpc) is 2.38. The zero-order valence-corrected chi connectivity index (χ0v) is 12.6. The van der Waals surface area contributed by atoms with Gasteiger partial charge in [-0.15, -0.1) is 0 Å². The number of hydrogen-bond donors (Lipinski definition) is 1. The second kappa shape index (κ2) is 6.62. The lowest BCUT2D eigenvalue weighted by molar-refractivity contribution is 1.17. The van der Waals surface area contributed by atoms with Gasteiger partial charge in [0.15, 0.2) is 0 Å². The topological polar surface area (TPSA) is 24.9 Å². The van der Waals surface area contributed by atoms with Gasteiger partial charge in [-0.05, 0) is 31.5 Å². The van der Waals surface area contributed by atoms with Crippen LogP contribution in [0.5, 0.6) is 0 Å². The van der Waals surface area contributed by atoms with Gasteiger partial charge < -0.3 is 5.32 Å². The van der Waals surface area contributed by atoms with E-state index in [-0.39, 0.29) is 0 Å². The maximum Gasteiger partial charge on any atom is 0.0523 e. The van der Waals surface area contributed by atoms with E-state index in [1.165, 1.54) is 16.7 Å². The Bertz CT molecular complexity index is 532. The van der Waals surface area contributed by atoms with Crippen LogP contribution in [0.3, 0.4) is 0 Å². The van der Waals surface area contributed by atoms with E-state index in [0.29, 0.717) is 0 Å². The molecule has 1 aromatic carbocycles. The molecular weight excluding hydrogens is 252 g/mol. The average molecular weight is 272 g/mol. The fourth-order valence-electron chi connectivity index (χ4n) is 2.14. The largest absolute Gasteiger partial charge is 0.388 e. The first-order valence-electron chi connectivity index (χ1n) is 6.45. The molecule has 1 aromatic heterocycles. The Labute approximate surface area is 119 Å². The highest BCUT2D eigenvalue weighted by molar-refractivity contribution is 7.97. The highest BCUT2D eigenvalue weighted by atomic mass is 32.2. The Morgan fingerprint density at radius 2 is 1.79 bits per heavy atom. The van der Waals surface area contributed by atoms with E-state index in [0.717, 1.165) is 22.9 Å². The van der Waals surface area contributed by atoms with E-state index in [9.17, 15) is 0 Å². The first kappa shape index (κ1) is 13.9. The summed E-state index contributed by atoms with van der Waals surface area (Å²) in [7, 11) is 1.93. The van der Waals surface area contributed by atoms with Crippen molar-refractivity contribution in [1.29, 1.82) is 0 Å². The van der Waals surface area contributed by atoms with Crippen molar-refractivity contribution >= 4 is 17.4 Å². The number of pyridine rings is 1. The molecule has 0 unspecified atom stereocenters. The predicted octanol–water partition coefficient (Wildman–Crippen LogP) is 4.17. The molecule has 2 aromatic rings. The molecule has 0 aliphatic heterocycles. The van der Waals surface area contributed by atoms with Gasteiger partial charge in [-0.1, -0.05) is 29.3 Å². The van der Waals surface area contributed by atoms with Gasteiger partial charge in [0.2, 0.25) is 0 Å². The minimum absolute atomic E-state index is 0.947. The van der Waals surface area contributed by atoms with Crippen LogP contribution in [0, 0.1) is 13.8 Å². The summed E-state index contributed by atoms with van der Waals surface area (Å²) in [6.45, 7) is 4.30. The van der Waals surface area contributed by atoms with E-state index in [4.69, 9.17) is 0 Å². The molecule has 0 bridgehead atoms. The molecule has 19 heavy (non-hydrogen) atoms. The number of hydrogen-bond acceptors (Lipinski definition) is 3. The molecular formula is C16H20N2S. The smallest absolute Gasteiger partial charge is 0.0523 e. The minimum atomic E-state index is 0.947. The van der Waals surface area contributed by atoms with E-state index < -0.39 is 0 Å². The third-order valence-corrected chi connectivity index (χ3v) is 3.94. The predicted molar refractivity (Wildman–Crippen MR) is 84.7 cm³/mol. The summed E-state index contributed by atoms with van der Waals surface area (Å²) < 4.78 is 0. The van der Waals surface area contributed by atoms with Crippen LogP contribution in [-0.2, 0) is 11.5 Å². The number of benzene rings is 1. The Hall–Kier alpha value is -1.48. The molecule has 100 valence electrons. The molecule has 0 radical (unpaired) electrons. The van der Waals surface area contributed by atoms with Crippen LogP contribution < -0.4 is 5.32 Å². The van der Waals surface area contributed by atoms with Crippen LogP contribution in [-0.4, -0.2) is 12.0 Å². The molecule has 0 aliphatic carbocycles. The molecule has 0 spiro atoms. The van der Waals surface area contributed by atoms with Crippen LogP contribution in [0.1, 0.15) is 22.4 Å². The Morgan fingerprint density at radius 1 is 1.05 bits per heavy atom. The van der Waals surface area contributed by atoms with Crippen molar-refractivity contribution in [2.45, 2.75) is 25.4 Å². The zero-order valence-electron chi connectivity index (χ0n) is 11.7. The Morgan fingerprint density at radius 3 is 2.47 bits per heavy atom. The second-order valence-corrected chi connectivity index (χ2v) is 5.76. The molecule has 1 N–H and O–H groups in total. The van der Waals surface area contributed by atoms with Crippen molar-refractivity contribution in [3.63, 3.8) is 0 Å². The molecule has 0 amide bonds. The molecule has 0 saturated carbocycles. The summed E-state index contributed by atoms with van der Waals surface area (Å²) in [5.74, 6) is 1.98. The number of nitrogens with zero attached hydrogens (tertiary/aromatic N) is 1. The van der Waals surface area contributed by atoms with Gasteiger partial charge in [0.1, 0.15) is 0 Å². The molecule has 0 atom stereocenters. The lowest BCUT2D eigenvalue weighted by atomic mass is 10.1. The highest BCUT2D eigenvalue weighted by Crippen LogP contribution is 2.20. The molecule has 0 aliphatic rings. The molecule has 3 heteroatoms. The number of nitrogens with one attached hydrogen (secondary N) is 1. The number of aryl methyl sites for hydroxylation is 2. The number of thioether (sulfide) groups is 1. The first-order chi connectivity index (χ1) is 9.17. The fourth-order valence-corrected chi connectivity index (χ4v) is 3.01. The monoisotopic (exact) mass is 272 g/mol.